The van der Waals surface area contributed by atoms with Gasteiger partial charge in [0.05, 0.1) is 12.3 Å². The molecule has 6 nitrogen and oxygen atoms in total. The Morgan fingerprint density at radius 3 is 2.74 bits per heavy atom. The zero-order valence-electron chi connectivity index (χ0n) is 19.5. The minimum Gasteiger partial charge on any atom is -0.494 e. The molecule has 1 aliphatic rings. The molecule has 35 heavy (non-hydrogen) atoms. The highest BCUT2D eigenvalue weighted by atomic mass is 35.5. The summed E-state index contributed by atoms with van der Waals surface area (Å²) in [4.78, 5) is 26.7. The number of halogens is 1. The standard InChI is InChI=1S/C28H27ClN2O4/c1-20-5-4-6-24(17-20)34-16-3-2-15-31-25-18-23(12-13-26(25)35-19-28(31)33)30-27(32)14-9-21-7-10-22(29)11-8-21/h4-14,17-18H,2-3,15-16,19H2,1H3,(H,30,32)/b14-9+. The van der Waals surface area contributed by atoms with Crippen molar-refractivity contribution in [1.29, 1.82) is 0 Å². The second-order valence-corrected chi connectivity index (χ2v) is 8.70. The molecule has 0 saturated carbocycles. The molecule has 0 unspecified atom stereocenters. The number of hydrogen-bond donors (Lipinski definition) is 1. The van der Waals surface area contributed by atoms with Gasteiger partial charge in [0.2, 0.25) is 5.91 Å². The van der Waals surface area contributed by atoms with Gasteiger partial charge in [0.25, 0.3) is 5.91 Å². The molecule has 0 bridgehead atoms. The van der Waals surface area contributed by atoms with E-state index in [1.54, 1.807) is 41.3 Å². The molecule has 0 spiro atoms. The SMILES string of the molecule is Cc1cccc(OCCCCN2C(=O)COc3ccc(NC(=O)/C=C/c4ccc(Cl)cc4)cc32)c1. The lowest BCUT2D eigenvalue weighted by atomic mass is 10.2. The van der Waals surface area contributed by atoms with Crippen LogP contribution in [0.5, 0.6) is 11.5 Å². The molecule has 3 aromatic rings. The van der Waals surface area contributed by atoms with Crippen LogP contribution < -0.4 is 19.7 Å². The molecular formula is C28H27ClN2O4. The van der Waals surface area contributed by atoms with E-state index >= 15 is 0 Å². The minimum atomic E-state index is -0.275. The normalized spacial score (nSPS) is 12.9. The van der Waals surface area contributed by atoms with E-state index in [0.717, 1.165) is 29.7 Å². The van der Waals surface area contributed by atoms with Gasteiger partial charge in [0, 0.05) is 23.3 Å². The monoisotopic (exact) mass is 490 g/mol. The highest BCUT2D eigenvalue weighted by molar-refractivity contribution is 6.30. The van der Waals surface area contributed by atoms with Gasteiger partial charge in [-0.2, -0.15) is 0 Å². The lowest BCUT2D eigenvalue weighted by Gasteiger charge is -2.30. The van der Waals surface area contributed by atoms with E-state index in [1.807, 2.05) is 43.3 Å². The second kappa shape index (κ2) is 11.6. The van der Waals surface area contributed by atoms with Crippen molar-refractivity contribution in [2.45, 2.75) is 19.8 Å². The summed E-state index contributed by atoms with van der Waals surface area (Å²) in [5, 5.41) is 3.48. The quantitative estimate of drug-likeness (QED) is 0.300. The summed E-state index contributed by atoms with van der Waals surface area (Å²) in [6.07, 6.45) is 4.75. The topological polar surface area (TPSA) is 67.9 Å². The van der Waals surface area contributed by atoms with Gasteiger partial charge < -0.3 is 19.7 Å². The van der Waals surface area contributed by atoms with E-state index in [1.165, 1.54) is 6.08 Å². The van der Waals surface area contributed by atoms with Crippen LogP contribution in [0.15, 0.2) is 72.8 Å². The summed E-state index contributed by atoms with van der Waals surface area (Å²) < 4.78 is 11.4. The molecule has 0 fully saturated rings. The Labute approximate surface area is 210 Å². The van der Waals surface area contributed by atoms with Gasteiger partial charge in [0.1, 0.15) is 11.5 Å². The number of benzene rings is 3. The summed E-state index contributed by atoms with van der Waals surface area (Å²) >= 11 is 5.89. The Hall–Kier alpha value is -3.77. The number of carbonyl (C=O) groups excluding carboxylic acids is 2. The van der Waals surface area contributed by atoms with E-state index in [2.05, 4.69) is 5.32 Å². The first-order chi connectivity index (χ1) is 17.0. The molecule has 3 aromatic carbocycles. The van der Waals surface area contributed by atoms with Crippen LogP contribution in [0.1, 0.15) is 24.0 Å². The molecular weight excluding hydrogens is 464 g/mol. The van der Waals surface area contributed by atoms with Crippen LogP contribution >= 0.6 is 11.6 Å². The third kappa shape index (κ3) is 6.87. The summed E-state index contributed by atoms with van der Waals surface area (Å²) in [6, 6.07) is 20.4. The van der Waals surface area contributed by atoms with E-state index in [4.69, 9.17) is 21.1 Å². The molecule has 1 heterocycles. The summed E-state index contributed by atoms with van der Waals surface area (Å²) in [6.45, 7) is 3.15. The van der Waals surface area contributed by atoms with Crippen molar-refractivity contribution in [2.24, 2.45) is 0 Å². The van der Waals surface area contributed by atoms with Crippen molar-refractivity contribution in [2.75, 3.05) is 30.0 Å². The predicted molar refractivity (Wildman–Crippen MR) is 139 cm³/mol. The fraction of sp³-hybridized carbons (Fsp3) is 0.214. The van der Waals surface area contributed by atoms with Crippen LogP contribution in [-0.2, 0) is 9.59 Å². The summed E-state index contributed by atoms with van der Waals surface area (Å²) in [5.41, 5.74) is 3.26. The fourth-order valence-electron chi connectivity index (χ4n) is 3.72. The molecule has 1 aliphatic heterocycles. The first kappa shape index (κ1) is 24.4. The van der Waals surface area contributed by atoms with Gasteiger partial charge in [-0.15, -0.1) is 0 Å². The number of nitrogens with one attached hydrogen (secondary N) is 1. The number of amides is 2. The average Bonchev–Trinajstić information content (AvgIpc) is 2.85. The van der Waals surface area contributed by atoms with E-state index in [0.29, 0.717) is 35.3 Å². The van der Waals surface area contributed by atoms with Gasteiger partial charge >= 0.3 is 0 Å². The summed E-state index contributed by atoms with van der Waals surface area (Å²) in [7, 11) is 0. The van der Waals surface area contributed by atoms with Crippen molar-refractivity contribution in [3.63, 3.8) is 0 Å². The Morgan fingerprint density at radius 2 is 1.94 bits per heavy atom. The number of nitrogens with zero attached hydrogens (tertiary/aromatic N) is 1. The van der Waals surface area contributed by atoms with Crippen LogP contribution in [0.25, 0.3) is 6.08 Å². The van der Waals surface area contributed by atoms with Gasteiger partial charge in [-0.25, -0.2) is 0 Å². The van der Waals surface area contributed by atoms with Crippen LogP contribution in [-0.4, -0.2) is 31.6 Å². The first-order valence-electron chi connectivity index (χ1n) is 11.5. The molecule has 0 aromatic heterocycles. The highest BCUT2D eigenvalue weighted by Crippen LogP contribution is 2.34. The zero-order chi connectivity index (χ0) is 24.6. The second-order valence-electron chi connectivity index (χ2n) is 8.26. The maximum absolute atomic E-state index is 12.6. The number of ether oxygens (including phenoxy) is 2. The molecule has 0 saturated heterocycles. The zero-order valence-corrected chi connectivity index (χ0v) is 20.3. The van der Waals surface area contributed by atoms with Gasteiger partial charge in [-0.3, -0.25) is 9.59 Å². The fourth-order valence-corrected chi connectivity index (χ4v) is 3.85. The Kier molecular flexibility index (Phi) is 8.06. The number of anilines is 2. The van der Waals surface area contributed by atoms with Gasteiger partial charge in [-0.05, 0) is 79.4 Å². The van der Waals surface area contributed by atoms with Crippen molar-refractivity contribution >= 4 is 40.9 Å². The Morgan fingerprint density at radius 1 is 1.11 bits per heavy atom. The van der Waals surface area contributed by atoms with Crippen LogP contribution in [0.3, 0.4) is 0 Å². The van der Waals surface area contributed by atoms with Crippen LogP contribution in [0.4, 0.5) is 11.4 Å². The van der Waals surface area contributed by atoms with Crippen LogP contribution in [0.2, 0.25) is 5.02 Å². The van der Waals surface area contributed by atoms with Crippen molar-refractivity contribution in [1.82, 2.24) is 0 Å². The molecule has 2 amide bonds. The smallest absolute Gasteiger partial charge is 0.265 e. The van der Waals surface area contributed by atoms with Crippen molar-refractivity contribution < 1.29 is 19.1 Å². The maximum Gasteiger partial charge on any atom is 0.265 e. The minimum absolute atomic E-state index is 0.00231. The Bertz CT molecular complexity index is 1220. The number of rotatable bonds is 9. The maximum atomic E-state index is 12.6. The highest BCUT2D eigenvalue weighted by Gasteiger charge is 2.25. The van der Waals surface area contributed by atoms with Crippen molar-refractivity contribution in [3.05, 3.63) is 89.0 Å². The molecule has 0 atom stereocenters. The summed E-state index contributed by atoms with van der Waals surface area (Å²) in [5.74, 6) is 1.09. The number of fused-ring (bicyclic) bond motifs is 1. The molecule has 4 rings (SSSR count). The predicted octanol–water partition coefficient (Wildman–Crippen LogP) is 5.88. The molecule has 7 heteroatoms. The third-order valence-electron chi connectivity index (χ3n) is 5.50. The lowest BCUT2D eigenvalue weighted by Crippen LogP contribution is -2.39. The number of aryl methyl sites for hydroxylation is 1. The Balaban J connectivity index is 1.34. The van der Waals surface area contributed by atoms with E-state index in [-0.39, 0.29) is 18.4 Å². The number of carbonyl (C=O) groups is 2. The van der Waals surface area contributed by atoms with Gasteiger partial charge in [-0.1, -0.05) is 35.9 Å². The van der Waals surface area contributed by atoms with Crippen molar-refractivity contribution in [3.8, 4) is 11.5 Å². The first-order valence-corrected chi connectivity index (χ1v) is 11.9. The number of hydrogen-bond acceptors (Lipinski definition) is 4. The molecule has 0 aliphatic carbocycles. The number of unbranched alkanes of at least 4 members (excludes halogenated alkanes) is 1. The largest absolute Gasteiger partial charge is 0.494 e. The molecule has 180 valence electrons. The van der Waals surface area contributed by atoms with E-state index < -0.39 is 0 Å². The van der Waals surface area contributed by atoms with Crippen LogP contribution in [0, 0.1) is 6.92 Å². The molecule has 1 N–H and O–H groups in total. The lowest BCUT2D eigenvalue weighted by molar-refractivity contribution is -0.121. The average molecular weight is 491 g/mol. The third-order valence-corrected chi connectivity index (χ3v) is 5.75. The van der Waals surface area contributed by atoms with E-state index in [9.17, 15) is 9.59 Å². The van der Waals surface area contributed by atoms with Gasteiger partial charge in [0.15, 0.2) is 6.61 Å². The molecule has 0 radical (unpaired) electrons.